The average Bonchev–Trinajstić information content (AvgIpc) is 3.52. The fourth-order valence-electron chi connectivity index (χ4n) is 6.80. The van der Waals surface area contributed by atoms with E-state index in [1.54, 1.807) is 42.5 Å². The first-order valence-corrected chi connectivity index (χ1v) is 13.0. The molecule has 2 unspecified atom stereocenters. The summed E-state index contributed by atoms with van der Waals surface area (Å²) < 4.78 is 42.1. The number of alkyl halides is 3. The van der Waals surface area contributed by atoms with E-state index in [2.05, 4.69) is 5.32 Å². The van der Waals surface area contributed by atoms with Gasteiger partial charge in [-0.15, -0.1) is 0 Å². The molecule has 4 atom stereocenters. The number of aromatic nitrogens is 2. The minimum atomic E-state index is -4.64. The van der Waals surface area contributed by atoms with Crippen LogP contribution in [0.25, 0.3) is 16.6 Å². The number of benzene rings is 3. The number of rotatable bonds is 2. The Morgan fingerprint density at radius 3 is 2.40 bits per heavy atom. The molecule has 3 aliphatic heterocycles. The molecule has 1 N–H and O–H groups in total. The van der Waals surface area contributed by atoms with Gasteiger partial charge in [0.15, 0.2) is 0 Å². The zero-order valence-corrected chi connectivity index (χ0v) is 21.4. The summed E-state index contributed by atoms with van der Waals surface area (Å²) in [6, 6.07) is 17.8. The standard InChI is InChI=1S/C30H23F3N4O3/c1-15(2)24-22-23(27(40)36(26(22)39)17-9-7-8-16(14-17)30(31,32)33)29(35-24)19-11-4-6-13-21(19)37-25(38)18-10-3-5-12-20(18)34-28(29)37/h3-15,22-24,35H,1-2H3/t22-,23-,24?,29?/m1/s1. The monoisotopic (exact) mass is 544 g/mol. The fraction of sp³-hybridized carbons (Fsp3) is 0.267. The number of hydrogen-bond donors (Lipinski definition) is 1. The third-order valence-electron chi connectivity index (χ3n) is 8.45. The number of hydrogen-bond acceptors (Lipinski definition) is 5. The lowest BCUT2D eigenvalue weighted by Crippen LogP contribution is -2.51. The zero-order valence-electron chi connectivity index (χ0n) is 21.4. The Bertz CT molecular complexity index is 1810. The van der Waals surface area contributed by atoms with Crippen molar-refractivity contribution in [3.05, 3.63) is 100 Å². The molecule has 2 fully saturated rings. The number of nitrogens with zero attached hydrogens (tertiary/aromatic N) is 3. The number of nitrogens with one attached hydrogen (secondary N) is 1. The predicted octanol–water partition coefficient (Wildman–Crippen LogP) is 4.40. The van der Waals surface area contributed by atoms with Crippen LogP contribution in [0.15, 0.2) is 77.6 Å². The molecule has 1 aromatic heterocycles. The predicted molar refractivity (Wildman–Crippen MR) is 141 cm³/mol. The van der Waals surface area contributed by atoms with Gasteiger partial charge in [0.05, 0.1) is 39.7 Å². The van der Waals surface area contributed by atoms with Crippen molar-refractivity contribution in [2.45, 2.75) is 31.6 Å². The molecule has 4 aromatic rings. The molecular formula is C30H23F3N4O3. The molecule has 2 amide bonds. The van der Waals surface area contributed by atoms with E-state index in [-0.39, 0.29) is 17.2 Å². The van der Waals surface area contributed by atoms with Crippen molar-refractivity contribution in [3.8, 4) is 5.69 Å². The number of halogens is 3. The molecule has 0 aliphatic carbocycles. The molecule has 3 aromatic carbocycles. The quantitative estimate of drug-likeness (QED) is 0.379. The molecule has 1 spiro atoms. The maximum atomic E-state index is 14.3. The van der Waals surface area contributed by atoms with Gasteiger partial charge < -0.3 is 0 Å². The molecule has 4 heterocycles. The van der Waals surface area contributed by atoms with E-state index in [9.17, 15) is 27.6 Å². The Hall–Kier alpha value is -4.31. The van der Waals surface area contributed by atoms with Crippen molar-refractivity contribution in [3.63, 3.8) is 0 Å². The van der Waals surface area contributed by atoms with Gasteiger partial charge in [0.2, 0.25) is 11.8 Å². The van der Waals surface area contributed by atoms with Crippen molar-refractivity contribution in [1.82, 2.24) is 14.9 Å². The molecule has 10 heteroatoms. The van der Waals surface area contributed by atoms with Crippen LogP contribution in [-0.4, -0.2) is 27.4 Å². The SMILES string of the molecule is CC(C)C1NC2(c3ccccc3-n3c2nc2ccccc2c3=O)[C@H]2C(=O)N(c3cccc(C(F)(F)F)c3)C(=O)[C@@H]12. The van der Waals surface area contributed by atoms with Crippen LogP contribution in [0.5, 0.6) is 0 Å². The molecule has 0 radical (unpaired) electrons. The van der Waals surface area contributed by atoms with E-state index >= 15 is 0 Å². The van der Waals surface area contributed by atoms with Crippen LogP contribution < -0.4 is 15.8 Å². The van der Waals surface area contributed by atoms with Gasteiger partial charge in [-0.2, -0.15) is 13.2 Å². The fourth-order valence-corrected chi connectivity index (χ4v) is 6.80. The highest BCUT2D eigenvalue weighted by Crippen LogP contribution is 2.56. The van der Waals surface area contributed by atoms with E-state index in [1.165, 1.54) is 16.7 Å². The lowest BCUT2D eigenvalue weighted by atomic mass is 9.75. The summed E-state index contributed by atoms with van der Waals surface area (Å²) in [5.74, 6) is -2.96. The van der Waals surface area contributed by atoms with E-state index in [4.69, 9.17) is 4.98 Å². The van der Waals surface area contributed by atoms with E-state index in [1.807, 2.05) is 19.9 Å². The smallest absolute Gasteiger partial charge is 0.296 e. The lowest BCUT2D eigenvalue weighted by Gasteiger charge is -2.32. The lowest BCUT2D eigenvalue weighted by molar-refractivity contribution is -0.137. The second-order valence-corrected chi connectivity index (χ2v) is 10.9. The normalized spacial score (nSPS) is 25.2. The van der Waals surface area contributed by atoms with Crippen molar-refractivity contribution in [2.24, 2.45) is 17.8 Å². The highest BCUT2D eigenvalue weighted by molar-refractivity contribution is 6.23. The van der Waals surface area contributed by atoms with Crippen LogP contribution in [0.2, 0.25) is 0 Å². The highest BCUT2D eigenvalue weighted by atomic mass is 19.4. The Morgan fingerprint density at radius 2 is 1.65 bits per heavy atom. The summed E-state index contributed by atoms with van der Waals surface area (Å²) >= 11 is 0. The second-order valence-electron chi connectivity index (χ2n) is 10.9. The molecule has 7 nitrogen and oxygen atoms in total. The van der Waals surface area contributed by atoms with Crippen molar-refractivity contribution in [1.29, 1.82) is 0 Å². The number of carbonyl (C=O) groups is 2. The summed E-state index contributed by atoms with van der Waals surface area (Å²) in [6.07, 6.45) is -4.64. The van der Waals surface area contributed by atoms with Crippen LogP contribution in [0.1, 0.15) is 30.8 Å². The number of carbonyl (C=O) groups excluding carboxylic acids is 2. The first-order valence-electron chi connectivity index (χ1n) is 13.0. The minimum Gasteiger partial charge on any atom is -0.296 e. The maximum Gasteiger partial charge on any atom is 0.416 e. The van der Waals surface area contributed by atoms with Gasteiger partial charge in [0, 0.05) is 11.6 Å². The topological polar surface area (TPSA) is 84.3 Å². The van der Waals surface area contributed by atoms with E-state index in [0.29, 0.717) is 28.0 Å². The molecule has 3 aliphatic rings. The number of para-hydroxylation sites is 2. The Kier molecular flexibility index (Phi) is 5.01. The van der Waals surface area contributed by atoms with E-state index in [0.717, 1.165) is 17.0 Å². The third-order valence-corrected chi connectivity index (χ3v) is 8.45. The largest absolute Gasteiger partial charge is 0.416 e. The highest BCUT2D eigenvalue weighted by Gasteiger charge is 2.70. The molecule has 7 rings (SSSR count). The van der Waals surface area contributed by atoms with Crippen LogP contribution in [-0.2, 0) is 21.3 Å². The summed E-state index contributed by atoms with van der Waals surface area (Å²) in [6.45, 7) is 3.83. The van der Waals surface area contributed by atoms with Gasteiger partial charge in [-0.25, -0.2) is 9.88 Å². The first kappa shape index (κ1) is 24.7. The molecule has 202 valence electrons. The summed E-state index contributed by atoms with van der Waals surface area (Å²) in [4.78, 5) is 47.9. The van der Waals surface area contributed by atoms with Crippen LogP contribution >= 0.6 is 0 Å². The number of amides is 2. The Balaban J connectivity index is 1.50. The first-order chi connectivity index (χ1) is 19.1. The summed E-state index contributed by atoms with van der Waals surface area (Å²) in [5.41, 5.74) is -1.11. The molecule has 0 saturated carbocycles. The summed E-state index contributed by atoms with van der Waals surface area (Å²) in [7, 11) is 0. The number of imide groups is 1. The van der Waals surface area contributed by atoms with Gasteiger partial charge in [-0.05, 0) is 42.3 Å². The molecule has 40 heavy (non-hydrogen) atoms. The van der Waals surface area contributed by atoms with Crippen LogP contribution in [0.4, 0.5) is 18.9 Å². The average molecular weight is 545 g/mol. The summed E-state index contributed by atoms with van der Waals surface area (Å²) in [5, 5.41) is 3.98. The molecular weight excluding hydrogens is 521 g/mol. The maximum absolute atomic E-state index is 14.3. The number of anilines is 1. The third kappa shape index (κ3) is 3.05. The molecule has 2 saturated heterocycles. The van der Waals surface area contributed by atoms with Crippen molar-refractivity contribution < 1.29 is 22.8 Å². The van der Waals surface area contributed by atoms with Crippen molar-refractivity contribution >= 4 is 28.4 Å². The van der Waals surface area contributed by atoms with Crippen LogP contribution in [0.3, 0.4) is 0 Å². The van der Waals surface area contributed by atoms with E-state index < -0.39 is 47.0 Å². The molecule has 0 bridgehead atoms. The minimum absolute atomic E-state index is 0.126. The van der Waals surface area contributed by atoms with Gasteiger partial charge >= 0.3 is 6.18 Å². The zero-order chi connectivity index (χ0) is 28.1. The van der Waals surface area contributed by atoms with Gasteiger partial charge in [0.25, 0.3) is 5.56 Å². The van der Waals surface area contributed by atoms with Gasteiger partial charge in [-0.1, -0.05) is 50.2 Å². The van der Waals surface area contributed by atoms with Crippen molar-refractivity contribution in [2.75, 3.05) is 4.90 Å². The van der Waals surface area contributed by atoms with Crippen LogP contribution in [0, 0.1) is 17.8 Å². The Labute approximate surface area is 226 Å². The van der Waals surface area contributed by atoms with Gasteiger partial charge in [0.1, 0.15) is 11.4 Å². The number of fused-ring (bicyclic) bond motifs is 8. The second kappa shape index (κ2) is 8.11. The Morgan fingerprint density at radius 1 is 0.925 bits per heavy atom. The van der Waals surface area contributed by atoms with Gasteiger partial charge in [-0.3, -0.25) is 24.3 Å².